The molecule has 0 amide bonds. The first-order chi connectivity index (χ1) is 7.50. The zero-order valence-corrected chi connectivity index (χ0v) is 9.06. The summed E-state index contributed by atoms with van der Waals surface area (Å²) in [5, 5.41) is 0.687. The Morgan fingerprint density at radius 2 is 1.94 bits per heavy atom. The van der Waals surface area contributed by atoms with Gasteiger partial charge in [0.05, 0.1) is 22.8 Å². The fourth-order valence-corrected chi connectivity index (χ4v) is 1.62. The lowest BCUT2D eigenvalue weighted by Crippen LogP contribution is -2.04. The molecule has 0 spiro atoms. The van der Waals surface area contributed by atoms with E-state index in [0.717, 1.165) is 12.1 Å². The Labute approximate surface area is 93.9 Å². The van der Waals surface area contributed by atoms with Crippen molar-refractivity contribution in [1.29, 1.82) is 0 Å². The number of halogens is 3. The first-order valence-corrected chi connectivity index (χ1v) is 5.61. The van der Waals surface area contributed by atoms with Crippen LogP contribution in [0.15, 0.2) is 29.4 Å². The van der Waals surface area contributed by atoms with E-state index in [1.807, 2.05) is 6.26 Å². The van der Waals surface area contributed by atoms with E-state index in [4.69, 9.17) is 0 Å². The summed E-state index contributed by atoms with van der Waals surface area (Å²) in [6, 6.07) is 3.36. The van der Waals surface area contributed by atoms with Crippen molar-refractivity contribution in [2.75, 3.05) is 6.26 Å². The van der Waals surface area contributed by atoms with Gasteiger partial charge < -0.3 is 0 Å². The summed E-state index contributed by atoms with van der Waals surface area (Å²) in [6.07, 6.45) is -1.04. The van der Waals surface area contributed by atoms with Gasteiger partial charge >= 0.3 is 6.18 Å². The minimum absolute atomic E-state index is 0.257. The molecule has 0 aliphatic rings. The van der Waals surface area contributed by atoms with Crippen molar-refractivity contribution in [2.24, 2.45) is 0 Å². The average Bonchev–Trinajstić information content (AvgIpc) is 2.26. The SMILES string of the molecule is CSc1cnc2cc(C(F)(F)F)ccc2n1. The predicted molar refractivity (Wildman–Crippen MR) is 56.3 cm³/mol. The number of thioether (sulfide) groups is 1. The topological polar surface area (TPSA) is 25.8 Å². The zero-order chi connectivity index (χ0) is 11.8. The third kappa shape index (κ3) is 2.11. The number of hydrogen-bond acceptors (Lipinski definition) is 3. The molecule has 84 valence electrons. The summed E-state index contributed by atoms with van der Waals surface area (Å²) in [5.41, 5.74) is 0.0266. The number of fused-ring (bicyclic) bond motifs is 1. The van der Waals surface area contributed by atoms with E-state index < -0.39 is 11.7 Å². The molecule has 0 aliphatic carbocycles. The van der Waals surface area contributed by atoms with E-state index in [9.17, 15) is 13.2 Å². The molecule has 1 aromatic heterocycles. The van der Waals surface area contributed by atoms with Crippen LogP contribution in [0, 0.1) is 0 Å². The van der Waals surface area contributed by atoms with Gasteiger partial charge in [-0.15, -0.1) is 11.8 Å². The van der Waals surface area contributed by atoms with E-state index in [-0.39, 0.29) is 5.52 Å². The molecule has 2 nitrogen and oxygen atoms in total. The summed E-state index contributed by atoms with van der Waals surface area (Å²) < 4.78 is 37.2. The van der Waals surface area contributed by atoms with Crippen molar-refractivity contribution in [3.05, 3.63) is 30.0 Å². The molecule has 0 radical (unpaired) electrons. The Bertz CT molecular complexity index is 525. The van der Waals surface area contributed by atoms with Crippen molar-refractivity contribution >= 4 is 22.8 Å². The Kier molecular flexibility index (Phi) is 2.75. The summed E-state index contributed by atoms with van der Waals surface area (Å²) in [5.74, 6) is 0. The van der Waals surface area contributed by atoms with Gasteiger partial charge in [-0.1, -0.05) is 0 Å². The van der Waals surface area contributed by atoms with E-state index in [0.29, 0.717) is 10.5 Å². The monoisotopic (exact) mass is 244 g/mol. The third-order valence-electron chi connectivity index (χ3n) is 2.06. The number of rotatable bonds is 1. The number of nitrogens with zero attached hydrogens (tertiary/aromatic N) is 2. The second-order valence-electron chi connectivity index (χ2n) is 3.11. The van der Waals surface area contributed by atoms with Crippen LogP contribution in [0.3, 0.4) is 0 Å². The lowest BCUT2D eigenvalue weighted by atomic mass is 10.2. The zero-order valence-electron chi connectivity index (χ0n) is 8.25. The summed E-state index contributed by atoms with van der Waals surface area (Å²) in [6.45, 7) is 0. The molecule has 0 aliphatic heterocycles. The highest BCUT2D eigenvalue weighted by molar-refractivity contribution is 7.98. The van der Waals surface area contributed by atoms with E-state index in [1.165, 1.54) is 24.0 Å². The van der Waals surface area contributed by atoms with Crippen molar-refractivity contribution in [2.45, 2.75) is 11.2 Å². The van der Waals surface area contributed by atoms with Crippen LogP contribution in [0.2, 0.25) is 0 Å². The molecule has 6 heteroatoms. The molecular formula is C10H7F3N2S. The first kappa shape index (κ1) is 11.2. The molecule has 2 rings (SSSR count). The van der Waals surface area contributed by atoms with Crippen LogP contribution in [0.1, 0.15) is 5.56 Å². The molecule has 1 aromatic carbocycles. The van der Waals surface area contributed by atoms with E-state index in [2.05, 4.69) is 9.97 Å². The van der Waals surface area contributed by atoms with Gasteiger partial charge in [-0.05, 0) is 24.5 Å². The molecule has 0 unspecified atom stereocenters. The molecule has 0 fully saturated rings. The van der Waals surface area contributed by atoms with E-state index >= 15 is 0 Å². The highest BCUT2D eigenvalue weighted by Crippen LogP contribution is 2.30. The van der Waals surface area contributed by atoms with Gasteiger partial charge in [0.1, 0.15) is 5.03 Å². The first-order valence-electron chi connectivity index (χ1n) is 4.39. The highest BCUT2D eigenvalue weighted by atomic mass is 32.2. The normalized spacial score (nSPS) is 12.0. The maximum absolute atomic E-state index is 12.4. The van der Waals surface area contributed by atoms with Gasteiger partial charge in [0.2, 0.25) is 0 Å². The molecule has 2 aromatic rings. The fraction of sp³-hybridized carbons (Fsp3) is 0.200. The Morgan fingerprint density at radius 3 is 2.56 bits per heavy atom. The summed E-state index contributed by atoms with van der Waals surface area (Å²) >= 11 is 1.40. The second-order valence-corrected chi connectivity index (χ2v) is 3.94. The Hall–Kier alpha value is -1.30. The minimum atomic E-state index is -4.34. The third-order valence-corrected chi connectivity index (χ3v) is 2.67. The van der Waals surface area contributed by atoms with Gasteiger partial charge in [-0.25, -0.2) is 4.98 Å². The maximum atomic E-state index is 12.4. The second kappa shape index (κ2) is 3.93. The lowest BCUT2D eigenvalue weighted by Gasteiger charge is -2.07. The molecule has 0 atom stereocenters. The molecule has 0 bridgehead atoms. The molecule has 16 heavy (non-hydrogen) atoms. The maximum Gasteiger partial charge on any atom is 0.416 e. The predicted octanol–water partition coefficient (Wildman–Crippen LogP) is 3.37. The minimum Gasteiger partial charge on any atom is -0.252 e. The van der Waals surface area contributed by atoms with Crippen molar-refractivity contribution < 1.29 is 13.2 Å². The fourth-order valence-electron chi connectivity index (χ4n) is 1.27. The molecule has 0 saturated heterocycles. The van der Waals surface area contributed by atoms with E-state index in [1.54, 1.807) is 0 Å². The van der Waals surface area contributed by atoms with Crippen LogP contribution < -0.4 is 0 Å². The average molecular weight is 244 g/mol. The molecular weight excluding hydrogens is 237 g/mol. The number of benzene rings is 1. The van der Waals surface area contributed by atoms with Crippen LogP contribution in [0.25, 0.3) is 11.0 Å². The summed E-state index contributed by atoms with van der Waals surface area (Å²) in [7, 11) is 0. The van der Waals surface area contributed by atoms with Gasteiger partial charge in [0, 0.05) is 0 Å². The van der Waals surface area contributed by atoms with Crippen LogP contribution in [0.5, 0.6) is 0 Å². The van der Waals surface area contributed by atoms with Crippen LogP contribution in [0.4, 0.5) is 13.2 Å². The molecule has 0 N–H and O–H groups in total. The van der Waals surface area contributed by atoms with Crippen LogP contribution in [-0.4, -0.2) is 16.2 Å². The Morgan fingerprint density at radius 1 is 1.19 bits per heavy atom. The van der Waals surface area contributed by atoms with Gasteiger partial charge in [-0.2, -0.15) is 13.2 Å². The van der Waals surface area contributed by atoms with Crippen molar-refractivity contribution in [3.63, 3.8) is 0 Å². The van der Waals surface area contributed by atoms with Gasteiger partial charge in [0.25, 0.3) is 0 Å². The van der Waals surface area contributed by atoms with Crippen LogP contribution >= 0.6 is 11.8 Å². The molecule has 1 heterocycles. The lowest BCUT2D eigenvalue weighted by molar-refractivity contribution is -0.137. The number of alkyl halides is 3. The summed E-state index contributed by atoms with van der Waals surface area (Å²) in [4.78, 5) is 8.09. The molecule has 0 saturated carbocycles. The largest absolute Gasteiger partial charge is 0.416 e. The highest BCUT2D eigenvalue weighted by Gasteiger charge is 2.30. The van der Waals surface area contributed by atoms with Crippen LogP contribution in [-0.2, 0) is 6.18 Å². The standard InChI is InChI=1S/C10H7F3N2S/c1-16-9-5-14-8-4-6(10(11,12)13)2-3-7(8)15-9/h2-5H,1H3. The van der Waals surface area contributed by atoms with Gasteiger partial charge in [-0.3, -0.25) is 4.98 Å². The van der Waals surface area contributed by atoms with Crippen molar-refractivity contribution in [3.8, 4) is 0 Å². The Balaban J connectivity index is 2.56. The van der Waals surface area contributed by atoms with Crippen molar-refractivity contribution in [1.82, 2.24) is 9.97 Å². The number of aromatic nitrogens is 2. The quantitative estimate of drug-likeness (QED) is 0.719. The smallest absolute Gasteiger partial charge is 0.252 e. The van der Waals surface area contributed by atoms with Gasteiger partial charge in [0.15, 0.2) is 0 Å². The number of hydrogen-bond donors (Lipinski definition) is 0.